The molecule has 0 aliphatic carbocycles. The molecule has 2 aliphatic heterocycles. The molecule has 0 bridgehead atoms. The zero-order valence-electron chi connectivity index (χ0n) is 18.5. The van der Waals surface area contributed by atoms with E-state index in [1.54, 1.807) is 0 Å². The molecule has 162 valence electrons. The summed E-state index contributed by atoms with van der Waals surface area (Å²) < 4.78 is 14.8. The van der Waals surface area contributed by atoms with Gasteiger partial charge in [0.1, 0.15) is 23.9 Å². The van der Waals surface area contributed by atoms with Crippen LogP contribution < -0.4 is 9.47 Å². The van der Waals surface area contributed by atoms with Gasteiger partial charge in [-0.15, -0.1) is 0 Å². The molecule has 0 unspecified atom stereocenters. The average Bonchev–Trinajstić information content (AvgIpc) is 3.20. The highest BCUT2D eigenvalue weighted by Gasteiger charge is 2.59. The van der Waals surface area contributed by atoms with Gasteiger partial charge in [0, 0.05) is 17.0 Å². The van der Waals surface area contributed by atoms with Crippen LogP contribution in [0.1, 0.15) is 40.0 Å². The van der Waals surface area contributed by atoms with Gasteiger partial charge in [0.15, 0.2) is 0 Å². The molecule has 5 heteroatoms. The normalized spacial score (nSPS) is 22.7. The quantitative estimate of drug-likeness (QED) is 0.409. The lowest BCUT2D eigenvalue weighted by Gasteiger charge is -2.47. The van der Waals surface area contributed by atoms with Crippen LogP contribution in [0.4, 0.5) is 0 Å². The van der Waals surface area contributed by atoms with Gasteiger partial charge in [-0.3, -0.25) is 0 Å². The van der Waals surface area contributed by atoms with Crippen LogP contribution in [0.25, 0.3) is 5.69 Å². The lowest BCUT2D eigenvalue weighted by molar-refractivity contribution is -0.000812. The molecule has 6 rings (SSSR count). The molecule has 0 fully saturated rings. The minimum Gasteiger partial charge on any atom is -0.491 e. The Balaban J connectivity index is 1.67. The highest BCUT2D eigenvalue weighted by atomic mass is 16.5. The minimum atomic E-state index is -0.928. The Hall–Kier alpha value is -4.04. The van der Waals surface area contributed by atoms with Crippen LogP contribution in [0, 0.1) is 30.6 Å². The SMILES string of the molecule is Cc1ccccc1[C@@H]1Oc2c(c(C)nn2-c2ccccc2)[C@H]2c3ccccc3OC[C@]21C#N. The van der Waals surface area contributed by atoms with E-state index in [1.807, 2.05) is 72.3 Å². The number of fused-ring (bicyclic) bond motifs is 5. The topological polar surface area (TPSA) is 60.1 Å². The number of ether oxygens (including phenoxy) is 2. The second-order valence-electron chi connectivity index (χ2n) is 8.82. The number of aromatic nitrogens is 2. The fourth-order valence-electron chi connectivity index (χ4n) is 5.35. The number of aryl methyl sites for hydroxylation is 2. The van der Waals surface area contributed by atoms with Crippen molar-refractivity contribution >= 4 is 0 Å². The Morgan fingerprint density at radius 3 is 2.39 bits per heavy atom. The van der Waals surface area contributed by atoms with Crippen LogP contribution in [0.3, 0.4) is 0 Å². The van der Waals surface area contributed by atoms with E-state index in [4.69, 9.17) is 14.6 Å². The molecule has 3 heterocycles. The minimum absolute atomic E-state index is 0.224. The number of hydrogen-bond donors (Lipinski definition) is 0. The fourth-order valence-corrected chi connectivity index (χ4v) is 5.35. The number of para-hydroxylation sites is 2. The van der Waals surface area contributed by atoms with Crippen molar-refractivity contribution < 1.29 is 9.47 Å². The first kappa shape index (κ1) is 19.6. The molecule has 4 aromatic rings. The van der Waals surface area contributed by atoms with Gasteiger partial charge in [0.25, 0.3) is 0 Å². The van der Waals surface area contributed by atoms with Crippen LogP contribution in [0.2, 0.25) is 0 Å². The second-order valence-corrected chi connectivity index (χ2v) is 8.82. The first-order chi connectivity index (χ1) is 16.1. The summed E-state index contributed by atoms with van der Waals surface area (Å²) in [5.74, 6) is 1.29. The van der Waals surface area contributed by atoms with Crippen LogP contribution in [-0.4, -0.2) is 16.4 Å². The van der Waals surface area contributed by atoms with Gasteiger partial charge in [-0.05, 0) is 43.2 Å². The molecule has 1 aromatic heterocycles. The molecule has 0 N–H and O–H groups in total. The van der Waals surface area contributed by atoms with Crippen molar-refractivity contribution in [1.82, 2.24) is 9.78 Å². The molecule has 2 aliphatic rings. The van der Waals surface area contributed by atoms with Crippen LogP contribution >= 0.6 is 0 Å². The number of benzene rings is 3. The van der Waals surface area contributed by atoms with Crippen LogP contribution in [-0.2, 0) is 0 Å². The summed E-state index contributed by atoms with van der Waals surface area (Å²) in [5.41, 5.74) is 4.90. The van der Waals surface area contributed by atoms with E-state index >= 15 is 0 Å². The van der Waals surface area contributed by atoms with Gasteiger partial charge in [0.2, 0.25) is 5.88 Å². The van der Waals surface area contributed by atoms with E-state index in [0.29, 0.717) is 5.88 Å². The van der Waals surface area contributed by atoms with Crippen molar-refractivity contribution in [2.45, 2.75) is 25.9 Å². The summed E-state index contributed by atoms with van der Waals surface area (Å²) in [5, 5.41) is 15.6. The summed E-state index contributed by atoms with van der Waals surface area (Å²) in [4.78, 5) is 0. The van der Waals surface area contributed by atoms with Gasteiger partial charge in [-0.25, -0.2) is 4.68 Å². The molecule has 0 spiro atoms. The maximum Gasteiger partial charge on any atom is 0.221 e. The summed E-state index contributed by atoms with van der Waals surface area (Å²) in [6.45, 7) is 4.31. The third-order valence-corrected chi connectivity index (χ3v) is 6.94. The first-order valence-electron chi connectivity index (χ1n) is 11.1. The second kappa shape index (κ2) is 7.25. The Labute approximate surface area is 192 Å². The molecule has 33 heavy (non-hydrogen) atoms. The number of hydrogen-bond acceptors (Lipinski definition) is 4. The lowest BCUT2D eigenvalue weighted by Crippen LogP contribution is -2.48. The fraction of sp³-hybridized carbons (Fsp3) is 0.214. The Morgan fingerprint density at radius 2 is 1.64 bits per heavy atom. The van der Waals surface area contributed by atoms with E-state index in [9.17, 15) is 5.26 Å². The van der Waals surface area contributed by atoms with E-state index in [-0.39, 0.29) is 12.5 Å². The van der Waals surface area contributed by atoms with Gasteiger partial charge >= 0.3 is 0 Å². The predicted octanol–water partition coefficient (Wildman–Crippen LogP) is 5.66. The van der Waals surface area contributed by atoms with Crippen molar-refractivity contribution in [2.24, 2.45) is 5.41 Å². The van der Waals surface area contributed by atoms with Crippen LogP contribution in [0.5, 0.6) is 11.6 Å². The largest absolute Gasteiger partial charge is 0.491 e. The van der Waals surface area contributed by atoms with E-state index in [1.165, 1.54) is 0 Å². The van der Waals surface area contributed by atoms with Gasteiger partial charge in [-0.1, -0.05) is 60.7 Å². The maximum absolute atomic E-state index is 10.7. The van der Waals surface area contributed by atoms with E-state index in [0.717, 1.165) is 39.4 Å². The van der Waals surface area contributed by atoms with Crippen molar-refractivity contribution in [1.29, 1.82) is 5.26 Å². The molecule has 0 saturated heterocycles. The van der Waals surface area contributed by atoms with Gasteiger partial charge in [-0.2, -0.15) is 10.4 Å². The molecule has 5 nitrogen and oxygen atoms in total. The van der Waals surface area contributed by atoms with E-state index in [2.05, 4.69) is 31.2 Å². The maximum atomic E-state index is 10.7. The number of nitriles is 1. The molecule has 3 aromatic carbocycles. The zero-order chi connectivity index (χ0) is 22.6. The van der Waals surface area contributed by atoms with Crippen molar-refractivity contribution in [2.75, 3.05) is 6.61 Å². The third kappa shape index (κ3) is 2.74. The van der Waals surface area contributed by atoms with E-state index < -0.39 is 11.5 Å². The first-order valence-corrected chi connectivity index (χ1v) is 11.1. The third-order valence-electron chi connectivity index (χ3n) is 6.94. The van der Waals surface area contributed by atoms with Crippen molar-refractivity contribution in [3.05, 3.63) is 107 Å². The number of nitrogens with zero attached hydrogens (tertiary/aromatic N) is 3. The van der Waals surface area contributed by atoms with Gasteiger partial charge in [0.05, 0.1) is 17.5 Å². The molecular formula is C28H23N3O2. The smallest absolute Gasteiger partial charge is 0.221 e. The van der Waals surface area contributed by atoms with Crippen LogP contribution in [0.15, 0.2) is 78.9 Å². The average molecular weight is 434 g/mol. The highest BCUT2D eigenvalue weighted by molar-refractivity contribution is 5.57. The van der Waals surface area contributed by atoms with Crippen molar-refractivity contribution in [3.8, 4) is 23.4 Å². The lowest BCUT2D eigenvalue weighted by atomic mass is 9.62. The molecule has 3 atom stereocenters. The van der Waals surface area contributed by atoms with Gasteiger partial charge < -0.3 is 9.47 Å². The monoisotopic (exact) mass is 433 g/mol. The molecular weight excluding hydrogens is 410 g/mol. The Bertz CT molecular complexity index is 1400. The molecule has 0 radical (unpaired) electrons. The molecule has 0 amide bonds. The molecule has 0 saturated carbocycles. The predicted molar refractivity (Wildman–Crippen MR) is 125 cm³/mol. The summed E-state index contributed by atoms with van der Waals surface area (Å²) in [6, 6.07) is 28.8. The Morgan fingerprint density at radius 1 is 0.939 bits per heavy atom. The zero-order valence-corrected chi connectivity index (χ0v) is 18.5. The summed E-state index contributed by atoms with van der Waals surface area (Å²) in [7, 11) is 0. The standard InChI is InChI=1S/C28H23N3O2/c1-18-10-6-7-13-21(18)26-28(16-29)17-32-23-15-9-8-14-22(23)25(28)24-19(2)30-31(27(24)33-26)20-11-4-3-5-12-20/h3-15,25-26H,17H2,1-2H3/t25-,26+,28-/m1/s1. The Kier molecular flexibility index (Phi) is 4.31. The summed E-state index contributed by atoms with van der Waals surface area (Å²) >= 11 is 0. The summed E-state index contributed by atoms with van der Waals surface area (Å²) in [6.07, 6.45) is -0.506. The van der Waals surface area contributed by atoms with Crippen molar-refractivity contribution in [3.63, 3.8) is 0 Å². The highest BCUT2D eigenvalue weighted by Crippen LogP contribution is 2.61. The number of rotatable bonds is 2.